The van der Waals surface area contributed by atoms with Crippen molar-refractivity contribution in [3.63, 3.8) is 0 Å². The van der Waals surface area contributed by atoms with Gasteiger partial charge in [0, 0.05) is 26.2 Å². The van der Waals surface area contributed by atoms with E-state index in [1.54, 1.807) is 0 Å². The highest BCUT2D eigenvalue weighted by Crippen LogP contribution is 2.20. The highest BCUT2D eigenvalue weighted by Gasteiger charge is 2.34. The maximum atomic E-state index is 10.1. The van der Waals surface area contributed by atoms with Gasteiger partial charge in [-0.25, -0.2) is 0 Å². The van der Waals surface area contributed by atoms with Crippen LogP contribution in [0.3, 0.4) is 0 Å². The minimum Gasteiger partial charge on any atom is -0.389 e. The Kier molecular flexibility index (Phi) is 3.81. The van der Waals surface area contributed by atoms with E-state index in [0.29, 0.717) is 13.2 Å². The smallest absolute Gasteiger partial charge is 0.162 e. The summed E-state index contributed by atoms with van der Waals surface area (Å²) >= 11 is 0. The Morgan fingerprint density at radius 1 is 1.19 bits per heavy atom. The monoisotopic (exact) mass is 230 g/mol. The first-order valence-corrected chi connectivity index (χ1v) is 5.99. The molecule has 0 aromatic heterocycles. The standard InChI is InChI=1S/C11H22N2O3/c1-11(2)15-7-9(10(14)8-16-11)13-5-3-12-4-6-13/h9-10,12,14H,3-8H2,1-2H3. The third kappa shape index (κ3) is 2.93. The molecular formula is C11H22N2O3. The van der Waals surface area contributed by atoms with Crippen LogP contribution in [0.25, 0.3) is 0 Å². The van der Waals surface area contributed by atoms with Gasteiger partial charge in [-0.1, -0.05) is 0 Å². The van der Waals surface area contributed by atoms with Crippen molar-refractivity contribution in [1.29, 1.82) is 0 Å². The van der Waals surface area contributed by atoms with Gasteiger partial charge in [0.15, 0.2) is 5.79 Å². The van der Waals surface area contributed by atoms with E-state index in [9.17, 15) is 5.11 Å². The van der Waals surface area contributed by atoms with E-state index in [2.05, 4.69) is 10.2 Å². The van der Waals surface area contributed by atoms with Gasteiger partial charge in [-0.2, -0.15) is 0 Å². The van der Waals surface area contributed by atoms with Gasteiger partial charge in [0.25, 0.3) is 0 Å². The molecule has 0 aliphatic carbocycles. The van der Waals surface area contributed by atoms with Crippen molar-refractivity contribution < 1.29 is 14.6 Å². The molecule has 0 aromatic rings. The van der Waals surface area contributed by atoms with Crippen LogP contribution in [0.1, 0.15) is 13.8 Å². The van der Waals surface area contributed by atoms with Gasteiger partial charge in [-0.15, -0.1) is 0 Å². The summed E-state index contributed by atoms with van der Waals surface area (Å²) < 4.78 is 11.2. The van der Waals surface area contributed by atoms with Crippen LogP contribution in [-0.4, -0.2) is 67.3 Å². The largest absolute Gasteiger partial charge is 0.389 e. The Hall–Kier alpha value is -0.200. The van der Waals surface area contributed by atoms with Crippen molar-refractivity contribution in [3.8, 4) is 0 Å². The number of nitrogens with zero attached hydrogens (tertiary/aromatic N) is 1. The average Bonchev–Trinajstić information content (AvgIpc) is 2.40. The molecule has 5 heteroatoms. The van der Waals surface area contributed by atoms with E-state index in [1.165, 1.54) is 0 Å². The summed E-state index contributed by atoms with van der Waals surface area (Å²) in [5.41, 5.74) is 0. The highest BCUT2D eigenvalue weighted by molar-refractivity contribution is 4.84. The SMILES string of the molecule is CC1(C)OCC(O)C(N2CCNCC2)CO1. The van der Waals surface area contributed by atoms with Crippen molar-refractivity contribution in [2.45, 2.75) is 31.8 Å². The molecule has 5 nitrogen and oxygen atoms in total. The van der Waals surface area contributed by atoms with Crippen molar-refractivity contribution in [1.82, 2.24) is 10.2 Å². The first-order chi connectivity index (χ1) is 7.58. The average molecular weight is 230 g/mol. The molecule has 2 rings (SSSR count). The summed E-state index contributed by atoms with van der Waals surface area (Å²) in [4.78, 5) is 2.28. The van der Waals surface area contributed by atoms with E-state index >= 15 is 0 Å². The fraction of sp³-hybridized carbons (Fsp3) is 1.00. The molecule has 0 saturated carbocycles. The number of piperazine rings is 1. The van der Waals surface area contributed by atoms with Crippen molar-refractivity contribution in [2.75, 3.05) is 39.4 Å². The molecule has 94 valence electrons. The summed E-state index contributed by atoms with van der Waals surface area (Å²) in [7, 11) is 0. The maximum absolute atomic E-state index is 10.1. The van der Waals surface area contributed by atoms with Crippen molar-refractivity contribution in [2.24, 2.45) is 0 Å². The topological polar surface area (TPSA) is 54.0 Å². The number of ether oxygens (including phenoxy) is 2. The van der Waals surface area contributed by atoms with E-state index in [-0.39, 0.29) is 6.04 Å². The predicted octanol–water partition coefficient (Wildman–Crippen LogP) is -0.596. The van der Waals surface area contributed by atoms with Gasteiger partial charge < -0.3 is 19.9 Å². The van der Waals surface area contributed by atoms with Gasteiger partial charge in [0.1, 0.15) is 0 Å². The number of aliphatic hydroxyl groups excluding tert-OH is 1. The molecular weight excluding hydrogens is 208 g/mol. The second kappa shape index (κ2) is 4.98. The van der Waals surface area contributed by atoms with Gasteiger partial charge in [-0.3, -0.25) is 4.90 Å². The van der Waals surface area contributed by atoms with E-state index in [0.717, 1.165) is 26.2 Å². The predicted molar refractivity (Wildman–Crippen MR) is 60.2 cm³/mol. The van der Waals surface area contributed by atoms with Gasteiger partial charge in [0.2, 0.25) is 0 Å². The van der Waals surface area contributed by atoms with E-state index in [1.807, 2.05) is 13.8 Å². The zero-order chi connectivity index (χ0) is 11.6. The Morgan fingerprint density at radius 2 is 1.81 bits per heavy atom. The highest BCUT2D eigenvalue weighted by atomic mass is 16.7. The molecule has 2 N–H and O–H groups in total. The van der Waals surface area contributed by atoms with Crippen LogP contribution in [0.4, 0.5) is 0 Å². The molecule has 2 heterocycles. The summed E-state index contributed by atoms with van der Waals surface area (Å²) in [6.07, 6.45) is -0.458. The molecule has 0 radical (unpaired) electrons. The molecule has 0 spiro atoms. The van der Waals surface area contributed by atoms with Crippen LogP contribution < -0.4 is 5.32 Å². The second-order valence-corrected chi connectivity index (χ2v) is 4.94. The second-order valence-electron chi connectivity index (χ2n) is 4.94. The third-order valence-electron chi connectivity index (χ3n) is 3.27. The van der Waals surface area contributed by atoms with Crippen molar-refractivity contribution >= 4 is 0 Å². The lowest BCUT2D eigenvalue weighted by Crippen LogP contribution is -2.54. The van der Waals surface area contributed by atoms with E-state index < -0.39 is 11.9 Å². The van der Waals surface area contributed by atoms with Crippen LogP contribution in [0, 0.1) is 0 Å². The zero-order valence-electron chi connectivity index (χ0n) is 10.1. The number of hydrogen-bond donors (Lipinski definition) is 2. The Labute approximate surface area is 96.7 Å². The van der Waals surface area contributed by atoms with Crippen LogP contribution in [0.15, 0.2) is 0 Å². The minimum absolute atomic E-state index is 0.0591. The van der Waals surface area contributed by atoms with Crippen molar-refractivity contribution in [3.05, 3.63) is 0 Å². The molecule has 16 heavy (non-hydrogen) atoms. The first kappa shape index (κ1) is 12.3. The number of nitrogens with one attached hydrogen (secondary N) is 1. The summed E-state index contributed by atoms with van der Waals surface area (Å²) in [6, 6.07) is 0.0591. The lowest BCUT2D eigenvalue weighted by atomic mass is 10.1. The molecule has 2 saturated heterocycles. The van der Waals surface area contributed by atoms with E-state index in [4.69, 9.17) is 9.47 Å². The first-order valence-electron chi connectivity index (χ1n) is 5.99. The minimum atomic E-state index is -0.580. The van der Waals surface area contributed by atoms with Crippen LogP contribution >= 0.6 is 0 Å². The molecule has 0 aromatic carbocycles. The Morgan fingerprint density at radius 3 is 2.50 bits per heavy atom. The summed E-state index contributed by atoms with van der Waals surface area (Å²) in [5.74, 6) is -0.580. The number of aliphatic hydroxyl groups is 1. The van der Waals surface area contributed by atoms with Gasteiger partial charge >= 0.3 is 0 Å². The molecule has 0 amide bonds. The molecule has 2 atom stereocenters. The Balaban J connectivity index is 1.97. The van der Waals surface area contributed by atoms with Crippen LogP contribution in [0.5, 0.6) is 0 Å². The molecule has 2 aliphatic rings. The van der Waals surface area contributed by atoms with Crippen LogP contribution in [-0.2, 0) is 9.47 Å². The third-order valence-corrected chi connectivity index (χ3v) is 3.27. The number of hydrogen-bond acceptors (Lipinski definition) is 5. The lowest BCUT2D eigenvalue weighted by molar-refractivity contribution is -0.204. The lowest BCUT2D eigenvalue weighted by Gasteiger charge is -2.35. The molecule has 2 fully saturated rings. The fourth-order valence-corrected chi connectivity index (χ4v) is 2.20. The number of rotatable bonds is 1. The summed E-state index contributed by atoms with van der Waals surface area (Å²) in [6.45, 7) is 8.55. The molecule has 0 bridgehead atoms. The van der Waals surface area contributed by atoms with Gasteiger partial charge in [0.05, 0.1) is 25.4 Å². The maximum Gasteiger partial charge on any atom is 0.162 e. The summed E-state index contributed by atoms with van der Waals surface area (Å²) in [5, 5.41) is 13.4. The normalized spacial score (nSPS) is 36.9. The van der Waals surface area contributed by atoms with Crippen LogP contribution in [0.2, 0.25) is 0 Å². The Bertz CT molecular complexity index is 229. The quantitative estimate of drug-likeness (QED) is 0.630. The zero-order valence-corrected chi connectivity index (χ0v) is 10.1. The molecule has 2 aliphatic heterocycles. The fourth-order valence-electron chi connectivity index (χ4n) is 2.20. The molecule has 2 unspecified atom stereocenters. The van der Waals surface area contributed by atoms with Gasteiger partial charge in [-0.05, 0) is 13.8 Å².